The number of carbonyl (C=O) groups is 1. The van der Waals surface area contributed by atoms with Crippen LogP contribution in [-0.4, -0.2) is 53.9 Å². The Hall–Kier alpha value is -1.62. The molecule has 2 heterocycles. The number of nitrogens with one attached hydrogen (secondary N) is 1. The fourth-order valence-corrected chi connectivity index (χ4v) is 2.34. The molecule has 1 aliphatic heterocycles. The fourth-order valence-electron chi connectivity index (χ4n) is 2.34. The lowest BCUT2D eigenvalue weighted by molar-refractivity contribution is 0.0661. The Morgan fingerprint density at radius 1 is 1.39 bits per heavy atom. The molecule has 1 N–H and O–H groups in total. The van der Waals surface area contributed by atoms with Gasteiger partial charge in [0.2, 0.25) is 0 Å². The smallest absolute Gasteiger partial charge is 0.259 e. The van der Waals surface area contributed by atoms with E-state index < -0.39 is 0 Å². The van der Waals surface area contributed by atoms with E-state index in [1.54, 1.807) is 4.90 Å². The molecule has 0 spiro atoms. The topological polar surface area (TPSA) is 56.4 Å². The molecule has 98 valence electrons. The van der Waals surface area contributed by atoms with Crippen LogP contribution in [0.15, 0.2) is 23.3 Å². The van der Waals surface area contributed by atoms with Gasteiger partial charge >= 0.3 is 0 Å². The number of piperidine rings is 1. The standard InChI is InChI=1S/C13H19N3O2/c1-15(2)10-4-7-16(8-5-10)13(18)11-9-14-6-3-12(11)17/h3,6,9-10H,4-5,7-8H2,1-2H3,(H,14,17). The molecule has 0 atom stereocenters. The summed E-state index contributed by atoms with van der Waals surface area (Å²) >= 11 is 0. The van der Waals surface area contributed by atoms with Gasteiger partial charge in [0.05, 0.1) is 0 Å². The Morgan fingerprint density at radius 2 is 2.06 bits per heavy atom. The molecule has 0 bridgehead atoms. The third-order valence-electron chi connectivity index (χ3n) is 3.54. The molecule has 1 amide bonds. The summed E-state index contributed by atoms with van der Waals surface area (Å²) < 4.78 is 0. The van der Waals surface area contributed by atoms with Crippen molar-refractivity contribution in [2.24, 2.45) is 0 Å². The van der Waals surface area contributed by atoms with E-state index in [-0.39, 0.29) is 16.9 Å². The Labute approximate surface area is 106 Å². The van der Waals surface area contributed by atoms with E-state index in [1.165, 1.54) is 18.5 Å². The van der Waals surface area contributed by atoms with Crippen molar-refractivity contribution < 1.29 is 4.79 Å². The number of amides is 1. The molecule has 0 aromatic carbocycles. The van der Waals surface area contributed by atoms with Crippen molar-refractivity contribution in [2.45, 2.75) is 18.9 Å². The Bertz CT molecular complexity index is 473. The predicted octanol–water partition coefficient (Wildman–Crippen LogP) is 0.541. The molecule has 18 heavy (non-hydrogen) atoms. The van der Waals surface area contributed by atoms with Crippen LogP contribution in [-0.2, 0) is 0 Å². The lowest BCUT2D eigenvalue weighted by Crippen LogP contribution is -2.45. The highest BCUT2D eigenvalue weighted by atomic mass is 16.2. The molecule has 1 aliphatic rings. The summed E-state index contributed by atoms with van der Waals surface area (Å²) in [5.41, 5.74) is 0.0225. The van der Waals surface area contributed by atoms with E-state index in [0.717, 1.165) is 25.9 Å². The zero-order valence-electron chi connectivity index (χ0n) is 10.8. The number of H-pyrrole nitrogens is 1. The summed E-state index contributed by atoms with van der Waals surface area (Å²) in [7, 11) is 4.12. The molecule has 1 aromatic rings. The summed E-state index contributed by atoms with van der Waals surface area (Å²) in [6, 6.07) is 1.92. The maximum atomic E-state index is 12.2. The largest absolute Gasteiger partial charge is 0.367 e. The van der Waals surface area contributed by atoms with Crippen LogP contribution in [0.2, 0.25) is 0 Å². The van der Waals surface area contributed by atoms with Crippen LogP contribution in [0.3, 0.4) is 0 Å². The SMILES string of the molecule is CN(C)C1CCN(C(=O)c2c[nH]ccc2=O)CC1. The van der Waals surface area contributed by atoms with Gasteiger partial charge in [0.25, 0.3) is 5.91 Å². The summed E-state index contributed by atoms with van der Waals surface area (Å²) in [6.07, 6.45) is 4.95. The van der Waals surface area contributed by atoms with Gasteiger partial charge in [-0.25, -0.2) is 0 Å². The Morgan fingerprint density at radius 3 is 2.61 bits per heavy atom. The number of aromatic amines is 1. The lowest BCUT2D eigenvalue weighted by Gasteiger charge is -2.35. The zero-order chi connectivity index (χ0) is 13.1. The van der Waals surface area contributed by atoms with Crippen LogP contribution < -0.4 is 5.43 Å². The van der Waals surface area contributed by atoms with Gasteiger partial charge in [-0.15, -0.1) is 0 Å². The number of rotatable bonds is 2. The number of hydrogen-bond acceptors (Lipinski definition) is 3. The van der Waals surface area contributed by atoms with Crippen molar-refractivity contribution in [3.05, 3.63) is 34.2 Å². The van der Waals surface area contributed by atoms with Crippen LogP contribution in [0.25, 0.3) is 0 Å². The first kappa shape index (κ1) is 12.8. The minimum Gasteiger partial charge on any atom is -0.367 e. The highest BCUT2D eigenvalue weighted by molar-refractivity contribution is 5.93. The van der Waals surface area contributed by atoms with Gasteiger partial charge in [0.1, 0.15) is 5.56 Å². The van der Waals surface area contributed by atoms with Gasteiger partial charge in [0, 0.05) is 37.6 Å². The maximum Gasteiger partial charge on any atom is 0.259 e. The molecular formula is C13H19N3O2. The van der Waals surface area contributed by atoms with Gasteiger partial charge in [0.15, 0.2) is 5.43 Å². The minimum atomic E-state index is -0.214. The molecule has 5 heteroatoms. The molecule has 0 unspecified atom stereocenters. The van der Waals surface area contributed by atoms with E-state index in [9.17, 15) is 9.59 Å². The van der Waals surface area contributed by atoms with Gasteiger partial charge < -0.3 is 14.8 Å². The van der Waals surface area contributed by atoms with Crippen molar-refractivity contribution in [3.8, 4) is 0 Å². The van der Waals surface area contributed by atoms with Gasteiger partial charge in [-0.1, -0.05) is 0 Å². The average Bonchev–Trinajstić information content (AvgIpc) is 2.38. The summed E-state index contributed by atoms with van der Waals surface area (Å²) in [5.74, 6) is -0.158. The summed E-state index contributed by atoms with van der Waals surface area (Å²) in [5, 5.41) is 0. The number of hydrogen-bond donors (Lipinski definition) is 1. The van der Waals surface area contributed by atoms with Crippen molar-refractivity contribution in [2.75, 3.05) is 27.2 Å². The summed E-state index contributed by atoms with van der Waals surface area (Å²) in [4.78, 5) is 30.5. The number of pyridine rings is 1. The van der Waals surface area contributed by atoms with Crippen molar-refractivity contribution in [1.82, 2.24) is 14.8 Å². The van der Waals surface area contributed by atoms with E-state index >= 15 is 0 Å². The second-order valence-corrected chi connectivity index (χ2v) is 4.91. The van der Waals surface area contributed by atoms with Crippen LogP contribution in [0.5, 0.6) is 0 Å². The van der Waals surface area contributed by atoms with Crippen molar-refractivity contribution in [1.29, 1.82) is 0 Å². The second kappa shape index (κ2) is 5.35. The first-order valence-electron chi connectivity index (χ1n) is 6.22. The Kier molecular flexibility index (Phi) is 3.81. The first-order valence-corrected chi connectivity index (χ1v) is 6.22. The Balaban J connectivity index is 2.04. The van der Waals surface area contributed by atoms with E-state index in [0.29, 0.717) is 6.04 Å². The molecule has 0 radical (unpaired) electrons. The monoisotopic (exact) mass is 249 g/mol. The lowest BCUT2D eigenvalue weighted by atomic mass is 10.0. The third kappa shape index (κ3) is 2.61. The molecule has 0 aliphatic carbocycles. The minimum absolute atomic E-state index is 0.158. The van der Waals surface area contributed by atoms with Gasteiger partial charge in [-0.2, -0.15) is 0 Å². The highest BCUT2D eigenvalue weighted by Gasteiger charge is 2.25. The number of aromatic nitrogens is 1. The van der Waals surface area contributed by atoms with Crippen LogP contribution in [0, 0.1) is 0 Å². The number of likely N-dealkylation sites (tertiary alicyclic amines) is 1. The fraction of sp³-hybridized carbons (Fsp3) is 0.538. The van der Waals surface area contributed by atoms with Crippen molar-refractivity contribution >= 4 is 5.91 Å². The third-order valence-corrected chi connectivity index (χ3v) is 3.54. The highest BCUT2D eigenvalue weighted by Crippen LogP contribution is 2.15. The molecule has 2 rings (SSSR count). The van der Waals surface area contributed by atoms with Crippen LogP contribution in [0.1, 0.15) is 23.2 Å². The normalized spacial score (nSPS) is 17.2. The van der Waals surface area contributed by atoms with Crippen LogP contribution in [0.4, 0.5) is 0 Å². The molecule has 1 saturated heterocycles. The number of nitrogens with zero attached hydrogens (tertiary/aromatic N) is 2. The maximum absolute atomic E-state index is 12.2. The summed E-state index contributed by atoms with van der Waals surface area (Å²) in [6.45, 7) is 1.44. The van der Waals surface area contributed by atoms with E-state index in [1.807, 2.05) is 0 Å². The van der Waals surface area contributed by atoms with Crippen LogP contribution >= 0.6 is 0 Å². The molecular weight excluding hydrogens is 230 g/mol. The van der Waals surface area contributed by atoms with Crippen molar-refractivity contribution in [3.63, 3.8) is 0 Å². The predicted molar refractivity (Wildman–Crippen MR) is 69.7 cm³/mol. The quantitative estimate of drug-likeness (QED) is 0.832. The van der Waals surface area contributed by atoms with E-state index in [4.69, 9.17) is 0 Å². The molecule has 1 aromatic heterocycles. The van der Waals surface area contributed by atoms with Gasteiger partial charge in [-0.05, 0) is 26.9 Å². The molecule has 0 saturated carbocycles. The molecule has 1 fully saturated rings. The second-order valence-electron chi connectivity index (χ2n) is 4.91. The average molecular weight is 249 g/mol. The first-order chi connectivity index (χ1) is 8.59. The molecule has 5 nitrogen and oxygen atoms in total. The number of carbonyl (C=O) groups excluding carboxylic acids is 1. The van der Waals surface area contributed by atoms with Gasteiger partial charge in [-0.3, -0.25) is 9.59 Å². The zero-order valence-corrected chi connectivity index (χ0v) is 10.8. The van der Waals surface area contributed by atoms with E-state index in [2.05, 4.69) is 24.0 Å².